The standard InChI is InChI=1S/C20H19F3N4O/c1-13-6-7-17-24-25-18(27(17)12-13)19(28)26-10-8-14(9-11-26)15-4-2-3-5-16(15)20(21,22)23/h2,4,6-7,12,14,18,25H,8-11H2,1H3. The number of piperidine rings is 1. The number of carbonyl (C=O) groups excluding carboxylic acids is 1. The molecule has 8 heteroatoms. The molecule has 1 N–H and O–H groups in total. The topological polar surface area (TPSA) is 47.9 Å². The van der Waals surface area contributed by atoms with E-state index in [0.717, 1.165) is 5.57 Å². The molecule has 1 atom stereocenters. The summed E-state index contributed by atoms with van der Waals surface area (Å²) in [5.41, 5.74) is 3.35. The molecule has 1 saturated heterocycles. The van der Waals surface area contributed by atoms with Gasteiger partial charge in [0.15, 0.2) is 5.84 Å². The molecule has 5 nitrogen and oxygen atoms in total. The number of nitrogens with zero attached hydrogens (tertiary/aromatic N) is 3. The summed E-state index contributed by atoms with van der Waals surface area (Å²) in [5.74, 6) is 0.292. The highest BCUT2D eigenvalue weighted by Crippen LogP contribution is 2.37. The Hall–Kier alpha value is -2.95. The first kappa shape index (κ1) is 18.4. The molecular formula is C20H19F3N4O. The third kappa shape index (κ3) is 3.33. The number of hydrogen-bond acceptors (Lipinski definition) is 4. The zero-order valence-corrected chi connectivity index (χ0v) is 15.3. The van der Waals surface area contributed by atoms with Crippen LogP contribution in [0.4, 0.5) is 13.2 Å². The van der Waals surface area contributed by atoms with Gasteiger partial charge in [0, 0.05) is 19.3 Å². The van der Waals surface area contributed by atoms with E-state index in [1.807, 2.05) is 25.3 Å². The van der Waals surface area contributed by atoms with E-state index in [1.54, 1.807) is 9.80 Å². The predicted molar refractivity (Wildman–Crippen MR) is 96.8 cm³/mol. The monoisotopic (exact) mass is 388 g/mol. The molecule has 3 aliphatic heterocycles. The van der Waals surface area contributed by atoms with Crippen LogP contribution in [0.5, 0.6) is 0 Å². The maximum absolute atomic E-state index is 13.2. The highest BCUT2D eigenvalue weighted by Gasteiger charge is 2.39. The number of halogens is 3. The molecule has 4 rings (SSSR count). The lowest BCUT2D eigenvalue weighted by Gasteiger charge is -2.35. The highest BCUT2D eigenvalue weighted by molar-refractivity contribution is 6.00. The van der Waals surface area contributed by atoms with Gasteiger partial charge in [-0.05, 0) is 55.0 Å². The number of amidine groups is 1. The molecule has 3 aliphatic rings. The van der Waals surface area contributed by atoms with Crippen LogP contribution in [0.15, 0.2) is 41.2 Å². The average Bonchev–Trinajstić information content (AvgIpc) is 3.10. The van der Waals surface area contributed by atoms with Crippen LogP contribution < -0.4 is 5.43 Å². The number of hydrazone groups is 1. The zero-order chi connectivity index (χ0) is 19.9. The van der Waals surface area contributed by atoms with Gasteiger partial charge in [-0.3, -0.25) is 10.2 Å². The van der Waals surface area contributed by atoms with E-state index in [9.17, 15) is 18.0 Å². The van der Waals surface area contributed by atoms with Crippen molar-refractivity contribution in [3.8, 4) is 0 Å². The largest absolute Gasteiger partial charge is 0.424 e. The van der Waals surface area contributed by atoms with Crippen molar-refractivity contribution in [2.24, 2.45) is 5.10 Å². The number of likely N-dealkylation sites (tertiary alicyclic amines) is 1. The Bertz CT molecular complexity index is 866. The molecule has 0 saturated carbocycles. The normalized spacial score (nSPS) is 22.2. The number of alkyl halides is 3. The average molecular weight is 388 g/mol. The van der Waals surface area contributed by atoms with Gasteiger partial charge in [-0.1, -0.05) is 18.2 Å². The van der Waals surface area contributed by atoms with Gasteiger partial charge >= 0.3 is 6.18 Å². The van der Waals surface area contributed by atoms with Crippen LogP contribution in [0.25, 0.3) is 0 Å². The van der Waals surface area contributed by atoms with E-state index in [0.29, 0.717) is 31.8 Å². The van der Waals surface area contributed by atoms with Gasteiger partial charge in [0.2, 0.25) is 6.17 Å². The quantitative estimate of drug-likeness (QED) is 0.847. The third-order valence-corrected chi connectivity index (χ3v) is 5.28. The SMILES string of the molecule is CC1=CN2C(=NNC2C(=O)N2CCC(c3ccc#cc3C(F)(F)F)CC2)C=C1. The zero-order valence-electron chi connectivity index (χ0n) is 15.3. The molecule has 1 aromatic rings. The summed E-state index contributed by atoms with van der Waals surface area (Å²) in [6.07, 6.45) is 1.50. The Morgan fingerprint density at radius 1 is 1.29 bits per heavy atom. The van der Waals surface area contributed by atoms with E-state index < -0.39 is 17.9 Å². The summed E-state index contributed by atoms with van der Waals surface area (Å²) in [4.78, 5) is 16.4. The Morgan fingerprint density at radius 2 is 2.04 bits per heavy atom. The summed E-state index contributed by atoms with van der Waals surface area (Å²) < 4.78 is 39.7. The molecule has 1 fully saturated rings. The van der Waals surface area contributed by atoms with Crippen LogP contribution in [0.1, 0.15) is 36.8 Å². The minimum atomic E-state index is -4.45. The molecule has 0 aliphatic carbocycles. The van der Waals surface area contributed by atoms with Crippen molar-refractivity contribution >= 4 is 11.7 Å². The molecule has 0 aromatic heterocycles. The van der Waals surface area contributed by atoms with Crippen molar-refractivity contribution in [3.05, 3.63) is 59.3 Å². The van der Waals surface area contributed by atoms with E-state index in [-0.39, 0.29) is 17.4 Å². The molecule has 0 spiro atoms. The fourth-order valence-corrected chi connectivity index (χ4v) is 3.85. The van der Waals surface area contributed by atoms with E-state index >= 15 is 0 Å². The molecule has 28 heavy (non-hydrogen) atoms. The second kappa shape index (κ2) is 6.89. The second-order valence-electron chi connectivity index (χ2n) is 7.15. The van der Waals surface area contributed by atoms with Gasteiger partial charge in [0.25, 0.3) is 5.91 Å². The number of allylic oxidation sites excluding steroid dienone is 2. The first-order chi connectivity index (χ1) is 13.3. The number of carbonyl (C=O) groups is 1. The van der Waals surface area contributed by atoms with Crippen molar-refractivity contribution in [3.63, 3.8) is 0 Å². The number of hydrogen-bond donors (Lipinski definition) is 1. The van der Waals surface area contributed by atoms with E-state index in [2.05, 4.69) is 22.7 Å². The molecule has 0 bridgehead atoms. The molecule has 3 heterocycles. The Balaban J connectivity index is 1.43. The number of nitrogens with one attached hydrogen (secondary N) is 1. The molecular weight excluding hydrogens is 369 g/mol. The van der Waals surface area contributed by atoms with Crippen LogP contribution >= 0.6 is 0 Å². The van der Waals surface area contributed by atoms with Crippen LogP contribution in [0.2, 0.25) is 0 Å². The molecule has 146 valence electrons. The Kier molecular flexibility index (Phi) is 4.53. The smallest absolute Gasteiger partial charge is 0.339 e. The maximum Gasteiger partial charge on any atom is 0.424 e. The summed E-state index contributed by atoms with van der Waals surface area (Å²) in [5, 5.41) is 4.17. The van der Waals surface area contributed by atoms with Crippen LogP contribution in [0, 0.1) is 12.1 Å². The second-order valence-corrected chi connectivity index (χ2v) is 7.15. The van der Waals surface area contributed by atoms with Crippen LogP contribution in [-0.2, 0) is 11.0 Å². The first-order valence-corrected chi connectivity index (χ1v) is 9.11. The molecule has 1 unspecified atom stereocenters. The Labute approximate surface area is 161 Å². The van der Waals surface area contributed by atoms with Crippen molar-refractivity contribution in [1.82, 2.24) is 15.2 Å². The lowest BCUT2D eigenvalue weighted by Crippen LogP contribution is -2.52. The first-order valence-electron chi connectivity index (χ1n) is 9.11. The highest BCUT2D eigenvalue weighted by atomic mass is 19.4. The number of fused-ring (bicyclic) bond motifs is 1. The minimum absolute atomic E-state index is 0.124. The van der Waals surface area contributed by atoms with Crippen molar-refractivity contribution in [2.75, 3.05) is 13.1 Å². The van der Waals surface area contributed by atoms with Crippen LogP contribution in [0.3, 0.4) is 0 Å². The van der Waals surface area contributed by atoms with E-state index in [4.69, 9.17) is 0 Å². The molecule has 1 amide bonds. The van der Waals surface area contributed by atoms with Crippen molar-refractivity contribution < 1.29 is 18.0 Å². The minimum Gasteiger partial charge on any atom is -0.339 e. The molecule has 1 aromatic carbocycles. The van der Waals surface area contributed by atoms with Gasteiger partial charge in [-0.25, -0.2) is 0 Å². The Morgan fingerprint density at radius 3 is 2.75 bits per heavy atom. The maximum atomic E-state index is 13.2. The van der Waals surface area contributed by atoms with Gasteiger partial charge in [0.05, 0.1) is 0 Å². The van der Waals surface area contributed by atoms with Crippen LogP contribution in [-0.4, -0.2) is 40.8 Å². The van der Waals surface area contributed by atoms with Crippen molar-refractivity contribution in [2.45, 2.75) is 38.0 Å². The number of rotatable bonds is 2. The third-order valence-electron chi connectivity index (χ3n) is 5.28. The lowest BCUT2D eigenvalue weighted by atomic mass is 9.87. The summed E-state index contributed by atoms with van der Waals surface area (Å²) in [7, 11) is 0. The van der Waals surface area contributed by atoms with Gasteiger partial charge in [0.1, 0.15) is 5.56 Å². The van der Waals surface area contributed by atoms with Crippen molar-refractivity contribution in [1.29, 1.82) is 0 Å². The fraction of sp³-hybridized carbons (Fsp3) is 0.400. The summed E-state index contributed by atoms with van der Waals surface area (Å²) in [6, 6.07) is 7.53. The van der Waals surface area contributed by atoms with Gasteiger partial charge < -0.3 is 9.80 Å². The summed E-state index contributed by atoms with van der Waals surface area (Å²) >= 11 is 0. The molecule has 0 radical (unpaired) electrons. The fourth-order valence-electron chi connectivity index (χ4n) is 3.85. The van der Waals surface area contributed by atoms with E-state index in [1.165, 1.54) is 12.1 Å². The lowest BCUT2D eigenvalue weighted by molar-refractivity contribution is -0.139. The summed E-state index contributed by atoms with van der Waals surface area (Å²) in [6.45, 7) is 2.74. The van der Waals surface area contributed by atoms with Gasteiger partial charge in [-0.2, -0.15) is 18.3 Å². The van der Waals surface area contributed by atoms with Gasteiger partial charge in [-0.15, -0.1) is 0 Å². The predicted octanol–water partition coefficient (Wildman–Crippen LogP) is 3.03. The number of amides is 1.